The van der Waals surface area contributed by atoms with Crippen LogP contribution in [0.15, 0.2) is 42.6 Å². The summed E-state index contributed by atoms with van der Waals surface area (Å²) in [6, 6.07) is 10.1. The largest absolute Gasteiger partial charge is 0.493 e. The molecule has 4 aromatic rings. The average Bonchev–Trinajstić information content (AvgIpc) is 3.25. The molecule has 34 heavy (non-hydrogen) atoms. The summed E-state index contributed by atoms with van der Waals surface area (Å²) in [5, 5.41) is 5.33. The van der Waals surface area contributed by atoms with Crippen molar-refractivity contribution in [3.05, 3.63) is 54.0 Å². The van der Waals surface area contributed by atoms with Gasteiger partial charge >= 0.3 is 6.03 Å². The lowest BCUT2D eigenvalue weighted by Gasteiger charge is -2.15. The molecule has 2 aromatic heterocycles. The summed E-state index contributed by atoms with van der Waals surface area (Å²) in [4.78, 5) is 23.9. The van der Waals surface area contributed by atoms with Crippen molar-refractivity contribution in [1.82, 2.24) is 20.3 Å². The van der Waals surface area contributed by atoms with E-state index in [0.717, 1.165) is 23.1 Å². The molecule has 0 aliphatic heterocycles. The van der Waals surface area contributed by atoms with Crippen molar-refractivity contribution >= 4 is 23.0 Å². The molecule has 2 amide bonds. The third kappa shape index (κ3) is 4.36. The van der Waals surface area contributed by atoms with Gasteiger partial charge in [-0.3, -0.25) is 10.3 Å². The third-order valence-electron chi connectivity index (χ3n) is 5.44. The van der Waals surface area contributed by atoms with Crippen LogP contribution in [0.1, 0.15) is 19.4 Å². The number of rotatable bonds is 7. The smallest absolute Gasteiger partial charge is 0.321 e. The standard InChI is InChI=1S/C25H26FN5O3/c1-5-14-10-15(13-20(33-3)23(14)34-4)16-11-17(21-18(26)8-7-9-28-21)22-19(12-16)29-24(30-22)31-25(32)27-6-2/h7-13H,5-6H2,1-4H3,(H3,27,29,30,31,32). The Balaban J connectivity index is 1.94. The van der Waals surface area contributed by atoms with E-state index in [1.807, 2.05) is 38.1 Å². The van der Waals surface area contributed by atoms with Gasteiger partial charge in [0.25, 0.3) is 0 Å². The van der Waals surface area contributed by atoms with Gasteiger partial charge in [0, 0.05) is 18.3 Å². The quantitative estimate of drug-likeness (QED) is 0.352. The van der Waals surface area contributed by atoms with Crippen LogP contribution in [0.2, 0.25) is 0 Å². The Morgan fingerprint density at radius 3 is 2.59 bits per heavy atom. The minimum atomic E-state index is -0.469. The SMILES string of the molecule is CCNC(=O)Nc1nc2c(-c3ncccc3F)cc(-c3cc(CC)c(OC)c(OC)c3)cc2[nH]1. The molecule has 0 saturated heterocycles. The normalized spacial score (nSPS) is 10.9. The number of nitrogens with zero attached hydrogens (tertiary/aromatic N) is 2. The summed E-state index contributed by atoms with van der Waals surface area (Å²) < 4.78 is 25.9. The second-order valence-electron chi connectivity index (χ2n) is 7.55. The fourth-order valence-electron chi connectivity index (χ4n) is 3.89. The Kier molecular flexibility index (Phi) is 6.62. The van der Waals surface area contributed by atoms with Crippen molar-refractivity contribution in [1.29, 1.82) is 0 Å². The van der Waals surface area contributed by atoms with E-state index in [2.05, 4.69) is 25.6 Å². The molecule has 0 bridgehead atoms. The number of carbonyl (C=O) groups is 1. The molecule has 2 aromatic carbocycles. The van der Waals surface area contributed by atoms with E-state index >= 15 is 0 Å². The Labute approximate surface area is 196 Å². The molecule has 0 aliphatic rings. The molecule has 0 aliphatic carbocycles. The van der Waals surface area contributed by atoms with Crippen molar-refractivity contribution < 1.29 is 18.7 Å². The van der Waals surface area contributed by atoms with E-state index in [1.54, 1.807) is 14.2 Å². The Hall–Kier alpha value is -4.14. The lowest BCUT2D eigenvalue weighted by Crippen LogP contribution is -2.28. The van der Waals surface area contributed by atoms with E-state index in [1.165, 1.54) is 18.3 Å². The van der Waals surface area contributed by atoms with Gasteiger partial charge in [0.15, 0.2) is 11.5 Å². The van der Waals surface area contributed by atoms with Crippen molar-refractivity contribution in [2.45, 2.75) is 20.3 Å². The molecular weight excluding hydrogens is 437 g/mol. The zero-order valence-corrected chi connectivity index (χ0v) is 19.5. The molecular formula is C25H26FN5O3. The number of aryl methyl sites for hydroxylation is 1. The zero-order chi connectivity index (χ0) is 24.2. The molecule has 176 valence electrons. The van der Waals surface area contributed by atoms with Gasteiger partial charge in [-0.1, -0.05) is 6.92 Å². The number of urea groups is 1. The maximum Gasteiger partial charge on any atom is 0.321 e. The van der Waals surface area contributed by atoms with Crippen LogP contribution in [-0.2, 0) is 6.42 Å². The fourth-order valence-corrected chi connectivity index (χ4v) is 3.89. The summed E-state index contributed by atoms with van der Waals surface area (Å²) >= 11 is 0. The maximum atomic E-state index is 14.8. The first-order chi connectivity index (χ1) is 16.5. The zero-order valence-electron chi connectivity index (χ0n) is 19.5. The average molecular weight is 464 g/mol. The van der Waals surface area contributed by atoms with Crippen LogP contribution >= 0.6 is 0 Å². The Morgan fingerprint density at radius 2 is 1.91 bits per heavy atom. The highest BCUT2D eigenvalue weighted by Gasteiger charge is 2.19. The minimum Gasteiger partial charge on any atom is -0.493 e. The van der Waals surface area contributed by atoms with Crippen LogP contribution in [-0.4, -0.2) is 41.7 Å². The summed E-state index contributed by atoms with van der Waals surface area (Å²) in [5.74, 6) is 1.06. The van der Waals surface area contributed by atoms with Gasteiger partial charge in [0.1, 0.15) is 17.0 Å². The lowest BCUT2D eigenvalue weighted by atomic mass is 9.97. The molecule has 8 nitrogen and oxygen atoms in total. The second kappa shape index (κ2) is 9.78. The molecule has 4 rings (SSSR count). The molecule has 0 unspecified atom stereocenters. The van der Waals surface area contributed by atoms with Gasteiger partial charge in [-0.05, 0) is 66.4 Å². The minimum absolute atomic E-state index is 0.168. The van der Waals surface area contributed by atoms with E-state index in [0.29, 0.717) is 34.6 Å². The number of hydrogen-bond donors (Lipinski definition) is 3. The molecule has 9 heteroatoms. The molecule has 0 atom stereocenters. The molecule has 0 saturated carbocycles. The predicted molar refractivity (Wildman–Crippen MR) is 130 cm³/mol. The number of aromatic nitrogens is 3. The van der Waals surface area contributed by atoms with Gasteiger partial charge in [0.2, 0.25) is 5.95 Å². The number of amides is 2. The molecule has 0 fully saturated rings. The Bertz CT molecular complexity index is 1330. The number of imidazole rings is 1. The summed E-state index contributed by atoms with van der Waals surface area (Å²) in [6.45, 7) is 4.33. The van der Waals surface area contributed by atoms with Gasteiger partial charge in [-0.15, -0.1) is 0 Å². The van der Waals surface area contributed by atoms with Crippen molar-refractivity contribution in [2.24, 2.45) is 0 Å². The van der Waals surface area contributed by atoms with Gasteiger partial charge in [0.05, 0.1) is 19.7 Å². The van der Waals surface area contributed by atoms with Crippen LogP contribution in [0, 0.1) is 5.82 Å². The second-order valence-corrected chi connectivity index (χ2v) is 7.55. The summed E-state index contributed by atoms with van der Waals surface area (Å²) in [7, 11) is 3.20. The van der Waals surface area contributed by atoms with Crippen molar-refractivity contribution in [3.8, 4) is 33.9 Å². The first-order valence-corrected chi connectivity index (χ1v) is 10.9. The van der Waals surface area contributed by atoms with Crippen LogP contribution < -0.4 is 20.1 Å². The number of aromatic amines is 1. The molecule has 3 N–H and O–H groups in total. The highest BCUT2D eigenvalue weighted by molar-refractivity contribution is 5.98. The van der Waals surface area contributed by atoms with Crippen LogP contribution in [0.4, 0.5) is 15.1 Å². The van der Waals surface area contributed by atoms with Gasteiger partial charge in [-0.2, -0.15) is 0 Å². The number of nitrogens with one attached hydrogen (secondary N) is 3. The predicted octanol–water partition coefficient (Wildman–Crippen LogP) is 5.15. The number of halogens is 1. The van der Waals surface area contributed by atoms with Gasteiger partial charge < -0.3 is 19.8 Å². The number of methoxy groups -OCH3 is 2. The monoisotopic (exact) mass is 463 g/mol. The number of hydrogen-bond acceptors (Lipinski definition) is 5. The number of H-pyrrole nitrogens is 1. The van der Waals surface area contributed by atoms with Crippen LogP contribution in [0.25, 0.3) is 33.4 Å². The first kappa shape index (κ1) is 23.0. The third-order valence-corrected chi connectivity index (χ3v) is 5.44. The van der Waals surface area contributed by atoms with E-state index in [9.17, 15) is 9.18 Å². The number of pyridine rings is 1. The van der Waals surface area contributed by atoms with Crippen LogP contribution in [0.3, 0.4) is 0 Å². The number of ether oxygens (including phenoxy) is 2. The lowest BCUT2D eigenvalue weighted by molar-refractivity contribution is 0.252. The highest BCUT2D eigenvalue weighted by atomic mass is 19.1. The number of fused-ring (bicyclic) bond motifs is 1. The van der Waals surface area contributed by atoms with Crippen molar-refractivity contribution in [2.75, 3.05) is 26.1 Å². The molecule has 0 radical (unpaired) electrons. The van der Waals surface area contributed by atoms with Crippen molar-refractivity contribution in [3.63, 3.8) is 0 Å². The van der Waals surface area contributed by atoms with E-state index < -0.39 is 5.82 Å². The summed E-state index contributed by atoms with van der Waals surface area (Å²) in [6.07, 6.45) is 2.27. The molecule has 0 spiro atoms. The first-order valence-electron chi connectivity index (χ1n) is 10.9. The van der Waals surface area contributed by atoms with E-state index in [4.69, 9.17) is 9.47 Å². The number of anilines is 1. The molecule has 2 heterocycles. The number of benzene rings is 2. The topological polar surface area (TPSA) is 101 Å². The Morgan fingerprint density at radius 1 is 1.12 bits per heavy atom. The maximum absolute atomic E-state index is 14.8. The van der Waals surface area contributed by atoms with Gasteiger partial charge in [-0.25, -0.2) is 14.2 Å². The number of carbonyl (C=O) groups excluding carboxylic acids is 1. The van der Waals surface area contributed by atoms with Crippen LogP contribution in [0.5, 0.6) is 11.5 Å². The van der Waals surface area contributed by atoms with E-state index in [-0.39, 0.29) is 17.7 Å². The summed E-state index contributed by atoms with van der Waals surface area (Å²) in [5.41, 5.74) is 4.42. The fraction of sp³-hybridized carbons (Fsp3) is 0.240. The highest BCUT2D eigenvalue weighted by Crippen LogP contribution is 2.39.